The Kier molecular flexibility index (Phi) is 15.8. The smallest absolute Gasteiger partial charge is 0.338 e. The van der Waals surface area contributed by atoms with Gasteiger partial charge in [0.05, 0.1) is 37.3 Å². The highest BCUT2D eigenvalue weighted by atomic mass is 35.5. The molecule has 1 aliphatic heterocycles. The summed E-state index contributed by atoms with van der Waals surface area (Å²) < 4.78 is 52.0. The van der Waals surface area contributed by atoms with Gasteiger partial charge in [0, 0.05) is 31.2 Å². The van der Waals surface area contributed by atoms with Crippen LogP contribution < -0.4 is 19.1 Å². The summed E-state index contributed by atoms with van der Waals surface area (Å²) in [6.45, 7) is 7.86. The third-order valence-corrected chi connectivity index (χ3v) is 13.6. The SMILES string of the molecule is COc1ccc(CN(Cc2ccc(OC)cc2)S(=O)(=O)CCC/C=C/[C@H](O)[C@@H]2CC[C@H]2CN2CCCCc3cc(Cl)ccc3COc3ccc(C(=O)OC(C)(C)C)cc32)cc1. The van der Waals surface area contributed by atoms with Gasteiger partial charge < -0.3 is 29.0 Å². The number of carbonyl (C=O) groups excluding carboxylic acids is 1. The van der Waals surface area contributed by atoms with E-state index in [4.69, 9.17) is 30.5 Å². The van der Waals surface area contributed by atoms with Crippen LogP contribution in [-0.2, 0) is 40.9 Å². The van der Waals surface area contributed by atoms with Gasteiger partial charge in [0.25, 0.3) is 0 Å². The first-order valence-electron chi connectivity index (χ1n) is 21.3. The highest BCUT2D eigenvalue weighted by molar-refractivity contribution is 7.89. The van der Waals surface area contributed by atoms with Crippen molar-refractivity contribution >= 4 is 33.3 Å². The highest BCUT2D eigenvalue weighted by Gasteiger charge is 2.37. The zero-order valence-electron chi connectivity index (χ0n) is 36.1. The van der Waals surface area contributed by atoms with E-state index in [0.717, 1.165) is 61.0 Å². The maximum atomic E-state index is 13.8. The Bertz CT molecular complexity index is 2160. The zero-order chi connectivity index (χ0) is 43.6. The number of hydrogen-bond acceptors (Lipinski definition) is 9. The zero-order valence-corrected chi connectivity index (χ0v) is 37.7. The van der Waals surface area contributed by atoms with E-state index in [-0.39, 0.29) is 36.6 Å². The number of benzene rings is 4. The fourth-order valence-electron chi connectivity index (χ4n) is 7.97. The lowest BCUT2D eigenvalue weighted by atomic mass is 9.70. The van der Waals surface area contributed by atoms with E-state index in [0.29, 0.717) is 53.8 Å². The summed E-state index contributed by atoms with van der Waals surface area (Å²) in [5, 5.41) is 12.1. The monoisotopic (exact) mass is 872 g/mol. The van der Waals surface area contributed by atoms with Crippen LogP contribution in [0.4, 0.5) is 5.69 Å². The maximum absolute atomic E-state index is 13.8. The maximum Gasteiger partial charge on any atom is 0.338 e. The molecule has 10 nitrogen and oxygen atoms in total. The van der Waals surface area contributed by atoms with Gasteiger partial charge >= 0.3 is 5.97 Å². The summed E-state index contributed by atoms with van der Waals surface area (Å²) in [5.74, 6) is 1.96. The van der Waals surface area contributed by atoms with Gasteiger partial charge in [-0.1, -0.05) is 54.1 Å². The van der Waals surface area contributed by atoms with E-state index in [2.05, 4.69) is 4.90 Å². The number of esters is 1. The summed E-state index contributed by atoms with van der Waals surface area (Å²) in [5.41, 5.74) is 4.66. The highest BCUT2D eigenvalue weighted by Crippen LogP contribution is 2.41. The molecule has 4 aromatic rings. The lowest BCUT2D eigenvalue weighted by Gasteiger charge is -2.42. The van der Waals surface area contributed by atoms with Gasteiger partial charge in [-0.25, -0.2) is 13.2 Å². The molecule has 328 valence electrons. The molecule has 1 aliphatic carbocycles. The summed E-state index contributed by atoms with van der Waals surface area (Å²) >= 11 is 6.38. The van der Waals surface area contributed by atoms with E-state index in [1.165, 1.54) is 9.87 Å². The Morgan fingerprint density at radius 1 is 0.918 bits per heavy atom. The second kappa shape index (κ2) is 21.0. The average Bonchev–Trinajstić information content (AvgIpc) is 3.25. The molecule has 1 N–H and O–H groups in total. The first kappa shape index (κ1) is 46.0. The van der Waals surface area contributed by atoms with Crippen molar-refractivity contribution < 1.29 is 37.3 Å². The number of fused-ring (bicyclic) bond motifs is 2. The molecule has 3 atom stereocenters. The molecule has 0 unspecified atom stereocenters. The van der Waals surface area contributed by atoms with E-state index in [1.807, 2.05) is 112 Å². The molecule has 1 fully saturated rings. The summed E-state index contributed by atoms with van der Waals surface area (Å²) in [6, 6.07) is 26.3. The molecule has 0 saturated heterocycles. The topological polar surface area (TPSA) is 115 Å². The third kappa shape index (κ3) is 13.0. The Balaban J connectivity index is 1.10. The van der Waals surface area contributed by atoms with Crippen LogP contribution in [0.25, 0.3) is 0 Å². The number of aliphatic hydroxyl groups is 1. The van der Waals surface area contributed by atoms with Crippen LogP contribution in [-0.4, -0.2) is 68.6 Å². The van der Waals surface area contributed by atoms with Crippen molar-refractivity contribution in [2.24, 2.45) is 11.8 Å². The molecule has 0 amide bonds. The minimum absolute atomic E-state index is 0.0222. The molecule has 1 heterocycles. The Labute approximate surface area is 367 Å². The van der Waals surface area contributed by atoms with Crippen molar-refractivity contribution in [3.63, 3.8) is 0 Å². The van der Waals surface area contributed by atoms with Crippen LogP contribution in [0.3, 0.4) is 0 Å². The van der Waals surface area contributed by atoms with Gasteiger partial charge in [-0.2, -0.15) is 4.31 Å². The summed E-state index contributed by atoms with van der Waals surface area (Å²) in [4.78, 5) is 15.6. The number of aryl methyl sites for hydroxylation is 1. The lowest BCUT2D eigenvalue weighted by molar-refractivity contribution is 0.00694. The van der Waals surface area contributed by atoms with Crippen LogP contribution >= 0.6 is 11.6 Å². The van der Waals surface area contributed by atoms with Crippen molar-refractivity contribution in [3.8, 4) is 17.2 Å². The number of halogens is 1. The molecular formula is C49H61ClN2O8S. The second-order valence-electron chi connectivity index (χ2n) is 17.1. The largest absolute Gasteiger partial charge is 0.497 e. The van der Waals surface area contributed by atoms with Crippen molar-refractivity contribution in [2.45, 2.75) is 97.1 Å². The van der Waals surface area contributed by atoms with Crippen molar-refractivity contribution in [1.82, 2.24) is 4.31 Å². The Morgan fingerprint density at radius 3 is 2.20 bits per heavy atom. The molecule has 0 radical (unpaired) electrons. The molecular weight excluding hydrogens is 812 g/mol. The van der Waals surface area contributed by atoms with Gasteiger partial charge in [-0.3, -0.25) is 0 Å². The number of hydrogen-bond donors (Lipinski definition) is 1. The molecule has 1 saturated carbocycles. The van der Waals surface area contributed by atoms with Crippen molar-refractivity contribution in [2.75, 3.05) is 38.0 Å². The molecule has 2 aliphatic rings. The number of anilines is 1. The molecule has 4 aromatic carbocycles. The number of sulfonamides is 1. The predicted molar refractivity (Wildman–Crippen MR) is 242 cm³/mol. The van der Waals surface area contributed by atoms with Gasteiger partial charge in [-0.05, 0) is 154 Å². The van der Waals surface area contributed by atoms with Crippen LogP contribution in [0.1, 0.15) is 91.9 Å². The van der Waals surface area contributed by atoms with E-state index in [9.17, 15) is 18.3 Å². The fraction of sp³-hybridized carbons (Fsp3) is 0.449. The van der Waals surface area contributed by atoms with Gasteiger partial charge in [-0.15, -0.1) is 0 Å². The molecule has 0 aromatic heterocycles. The Morgan fingerprint density at radius 2 is 1.59 bits per heavy atom. The van der Waals surface area contributed by atoms with Crippen LogP contribution in [0.15, 0.2) is 97.1 Å². The molecule has 61 heavy (non-hydrogen) atoms. The lowest BCUT2D eigenvalue weighted by Crippen LogP contribution is -2.43. The first-order chi connectivity index (χ1) is 29.2. The van der Waals surface area contributed by atoms with E-state index >= 15 is 0 Å². The summed E-state index contributed by atoms with van der Waals surface area (Å²) in [6.07, 6.45) is 8.64. The average molecular weight is 874 g/mol. The first-order valence-corrected chi connectivity index (χ1v) is 23.3. The van der Waals surface area contributed by atoms with E-state index < -0.39 is 21.7 Å². The van der Waals surface area contributed by atoms with E-state index in [1.54, 1.807) is 20.3 Å². The quantitative estimate of drug-likeness (QED) is 0.0668. The Hall–Kier alpha value is -4.55. The minimum atomic E-state index is -3.63. The second-order valence-corrected chi connectivity index (χ2v) is 19.7. The van der Waals surface area contributed by atoms with Crippen molar-refractivity contribution in [3.05, 3.63) is 130 Å². The molecule has 0 spiro atoms. The molecule has 0 bridgehead atoms. The van der Waals surface area contributed by atoms with Gasteiger partial charge in [0.15, 0.2) is 0 Å². The molecule has 12 heteroatoms. The van der Waals surface area contributed by atoms with Crippen LogP contribution in [0.5, 0.6) is 17.2 Å². The summed E-state index contributed by atoms with van der Waals surface area (Å²) in [7, 11) is -0.430. The van der Waals surface area contributed by atoms with Crippen LogP contribution in [0, 0.1) is 11.8 Å². The van der Waals surface area contributed by atoms with Gasteiger partial charge in [0.2, 0.25) is 10.0 Å². The van der Waals surface area contributed by atoms with Crippen molar-refractivity contribution in [1.29, 1.82) is 0 Å². The number of aliphatic hydroxyl groups excluding tert-OH is 1. The fourth-order valence-corrected chi connectivity index (χ4v) is 9.65. The minimum Gasteiger partial charge on any atom is -0.497 e. The van der Waals surface area contributed by atoms with Crippen LogP contribution in [0.2, 0.25) is 5.02 Å². The number of methoxy groups -OCH3 is 2. The van der Waals surface area contributed by atoms with Gasteiger partial charge in [0.1, 0.15) is 29.5 Å². The normalized spacial score (nSPS) is 17.7. The number of carbonyl (C=O) groups is 1. The molecule has 6 rings (SSSR count). The standard InChI is InChI=1S/C49H61ClN2O8S/c1-49(2,3)60-48(54)38-19-26-47-45(30-38)51(27-9-8-11-37-29-41(50)20-17-40(37)34-59-47)33-39-18-25-44(39)46(53)12-7-6-10-28-61(55,56)52(31-35-13-21-42(57-4)22-14-35)32-36-15-23-43(58-5)24-16-36/h7,12-17,19-24,26,29-30,39,44,46,53H,6,8-11,18,25,27-28,31-34H2,1-5H3/b12-7+/t39-,44+,46-/m0/s1. The number of nitrogens with zero attached hydrogens (tertiary/aromatic N) is 2. The third-order valence-electron chi connectivity index (χ3n) is 11.5. The number of allylic oxidation sites excluding steroid dienone is 1. The predicted octanol–water partition coefficient (Wildman–Crippen LogP) is 9.79. The number of rotatable bonds is 16. The number of ether oxygens (including phenoxy) is 4. The number of unbranched alkanes of at least 4 members (excludes halogenated alkanes) is 1.